The maximum atomic E-state index is 9.58. The highest BCUT2D eigenvalue weighted by Gasteiger charge is 2.23. The number of aromatic nitrogens is 1. The number of benzene rings is 1. The smallest absolute Gasteiger partial charge is 0.220 e. The molecule has 3 heteroatoms. The van der Waals surface area contributed by atoms with Crippen molar-refractivity contribution in [1.82, 2.24) is 4.98 Å². The van der Waals surface area contributed by atoms with Crippen LogP contribution in [0.4, 0.5) is 0 Å². The summed E-state index contributed by atoms with van der Waals surface area (Å²) in [6.07, 6.45) is -0.526. The summed E-state index contributed by atoms with van der Waals surface area (Å²) in [6, 6.07) is 9.75. The maximum Gasteiger partial charge on any atom is 0.220 e. The lowest BCUT2D eigenvalue weighted by Crippen LogP contribution is -1.97. The van der Waals surface area contributed by atoms with Crippen LogP contribution in [-0.4, -0.2) is 16.7 Å². The summed E-state index contributed by atoms with van der Waals surface area (Å²) in [6.45, 7) is 0.318. The molecule has 0 aliphatic carbocycles. The van der Waals surface area contributed by atoms with Crippen LogP contribution in [0.25, 0.3) is 10.9 Å². The van der Waals surface area contributed by atoms with E-state index in [0.29, 0.717) is 12.5 Å². The Balaban J connectivity index is 2.33. The van der Waals surface area contributed by atoms with E-state index in [9.17, 15) is 5.11 Å². The lowest BCUT2D eigenvalue weighted by molar-refractivity contribution is 0.139. The summed E-state index contributed by atoms with van der Waals surface area (Å²) in [7, 11) is 0. The molecular formula is C11H9NO2. The third-order valence-corrected chi connectivity index (χ3v) is 2.45. The molecule has 0 amide bonds. The molecule has 3 rings (SSSR count). The van der Waals surface area contributed by atoms with Gasteiger partial charge in [-0.1, -0.05) is 18.2 Å². The van der Waals surface area contributed by atoms with Gasteiger partial charge in [-0.3, -0.25) is 0 Å². The standard InChI is InChI=1S/C11H9NO2/c13-10-6-14-11-8(10)5-7-3-1-2-4-9(7)12-11/h1-5,10,13H,6H2. The Labute approximate surface area is 81.0 Å². The van der Waals surface area contributed by atoms with Crippen LogP contribution < -0.4 is 4.74 Å². The van der Waals surface area contributed by atoms with Crippen LogP contribution in [0, 0.1) is 0 Å². The minimum atomic E-state index is -0.526. The van der Waals surface area contributed by atoms with Crippen LogP contribution in [-0.2, 0) is 0 Å². The molecule has 3 nitrogen and oxygen atoms in total. The largest absolute Gasteiger partial charge is 0.474 e. The van der Waals surface area contributed by atoms with Crippen LogP contribution >= 0.6 is 0 Å². The van der Waals surface area contributed by atoms with Crippen LogP contribution in [0.5, 0.6) is 5.88 Å². The monoisotopic (exact) mass is 187 g/mol. The van der Waals surface area contributed by atoms with E-state index in [4.69, 9.17) is 4.74 Å². The number of nitrogens with zero attached hydrogens (tertiary/aromatic N) is 1. The molecule has 1 aliphatic heterocycles. The summed E-state index contributed by atoms with van der Waals surface area (Å²) >= 11 is 0. The number of rotatable bonds is 0. The van der Waals surface area contributed by atoms with Gasteiger partial charge in [0.05, 0.1) is 5.52 Å². The van der Waals surface area contributed by atoms with Gasteiger partial charge in [0.2, 0.25) is 5.88 Å². The molecule has 0 bridgehead atoms. The SMILES string of the molecule is OC1COc2nc3ccccc3cc21. The van der Waals surface area contributed by atoms with Crippen molar-refractivity contribution in [3.8, 4) is 5.88 Å². The summed E-state index contributed by atoms with van der Waals surface area (Å²) in [4.78, 5) is 4.32. The highest BCUT2D eigenvalue weighted by molar-refractivity contribution is 5.80. The Morgan fingerprint density at radius 1 is 1.36 bits per heavy atom. The number of fused-ring (bicyclic) bond motifs is 2. The quantitative estimate of drug-likeness (QED) is 0.682. The van der Waals surface area contributed by atoms with Gasteiger partial charge in [-0.05, 0) is 12.1 Å². The van der Waals surface area contributed by atoms with Crippen LogP contribution in [0.2, 0.25) is 0 Å². The fourth-order valence-corrected chi connectivity index (χ4v) is 1.72. The van der Waals surface area contributed by atoms with E-state index in [1.807, 2.05) is 30.3 Å². The van der Waals surface area contributed by atoms with Crippen LogP contribution in [0.15, 0.2) is 30.3 Å². The van der Waals surface area contributed by atoms with Crippen LogP contribution in [0.3, 0.4) is 0 Å². The van der Waals surface area contributed by atoms with Crippen molar-refractivity contribution >= 4 is 10.9 Å². The summed E-state index contributed by atoms with van der Waals surface area (Å²) in [5.41, 5.74) is 1.70. The van der Waals surface area contributed by atoms with Gasteiger partial charge in [-0.25, -0.2) is 4.98 Å². The van der Waals surface area contributed by atoms with Crippen LogP contribution in [0.1, 0.15) is 11.7 Å². The number of aliphatic hydroxyl groups is 1. The molecular weight excluding hydrogens is 178 g/mol. The van der Waals surface area contributed by atoms with Gasteiger partial charge >= 0.3 is 0 Å². The second kappa shape index (κ2) is 2.69. The molecule has 1 atom stereocenters. The second-order valence-electron chi connectivity index (χ2n) is 3.40. The molecule has 0 fully saturated rings. The Bertz CT molecular complexity index is 496. The van der Waals surface area contributed by atoms with Crippen molar-refractivity contribution in [2.45, 2.75) is 6.10 Å². The molecule has 1 N–H and O–H groups in total. The molecule has 1 aromatic heterocycles. The second-order valence-corrected chi connectivity index (χ2v) is 3.40. The maximum absolute atomic E-state index is 9.58. The van der Waals surface area contributed by atoms with Gasteiger partial charge < -0.3 is 9.84 Å². The molecule has 70 valence electrons. The predicted molar refractivity (Wildman–Crippen MR) is 52.2 cm³/mol. The lowest BCUT2D eigenvalue weighted by atomic mass is 10.1. The highest BCUT2D eigenvalue weighted by Crippen LogP contribution is 2.32. The zero-order chi connectivity index (χ0) is 9.54. The van der Waals surface area contributed by atoms with E-state index >= 15 is 0 Å². The Kier molecular flexibility index (Phi) is 1.49. The minimum Gasteiger partial charge on any atom is -0.474 e. The molecule has 0 radical (unpaired) electrons. The Morgan fingerprint density at radius 2 is 2.21 bits per heavy atom. The summed E-state index contributed by atoms with van der Waals surface area (Å²) in [5, 5.41) is 10.6. The van der Waals surface area contributed by atoms with Crippen molar-refractivity contribution in [3.05, 3.63) is 35.9 Å². The Morgan fingerprint density at radius 3 is 3.14 bits per heavy atom. The molecule has 1 aliphatic rings. The molecule has 0 saturated heterocycles. The van der Waals surface area contributed by atoms with Crippen molar-refractivity contribution in [3.63, 3.8) is 0 Å². The molecule has 0 saturated carbocycles. The first-order valence-corrected chi connectivity index (χ1v) is 4.55. The first kappa shape index (κ1) is 7.76. The van der Waals surface area contributed by atoms with Gasteiger partial charge in [-0.2, -0.15) is 0 Å². The molecule has 14 heavy (non-hydrogen) atoms. The first-order valence-electron chi connectivity index (χ1n) is 4.55. The van der Waals surface area contributed by atoms with Gasteiger partial charge in [0.25, 0.3) is 0 Å². The molecule has 2 aromatic rings. The van der Waals surface area contributed by atoms with Crippen molar-refractivity contribution < 1.29 is 9.84 Å². The average molecular weight is 187 g/mol. The molecule has 1 unspecified atom stereocenters. The van der Waals surface area contributed by atoms with Gasteiger partial charge in [-0.15, -0.1) is 0 Å². The minimum absolute atomic E-state index is 0.318. The number of ether oxygens (including phenoxy) is 1. The van der Waals surface area contributed by atoms with Gasteiger partial charge in [0.1, 0.15) is 12.7 Å². The van der Waals surface area contributed by atoms with Gasteiger partial charge in [0, 0.05) is 10.9 Å². The zero-order valence-corrected chi connectivity index (χ0v) is 7.47. The summed E-state index contributed by atoms with van der Waals surface area (Å²) in [5.74, 6) is 0.566. The number of pyridine rings is 1. The number of hydrogen-bond donors (Lipinski definition) is 1. The normalized spacial score (nSPS) is 19.4. The van der Waals surface area contributed by atoms with E-state index in [1.165, 1.54) is 0 Å². The van der Waals surface area contributed by atoms with Crippen molar-refractivity contribution in [2.75, 3.05) is 6.61 Å². The zero-order valence-electron chi connectivity index (χ0n) is 7.47. The third kappa shape index (κ3) is 0.992. The summed E-state index contributed by atoms with van der Waals surface area (Å²) < 4.78 is 5.26. The number of para-hydroxylation sites is 1. The van der Waals surface area contributed by atoms with Crippen molar-refractivity contribution in [2.24, 2.45) is 0 Å². The number of aliphatic hydroxyl groups excluding tert-OH is 1. The first-order chi connectivity index (χ1) is 6.84. The van der Waals surface area contributed by atoms with E-state index in [0.717, 1.165) is 16.5 Å². The Hall–Kier alpha value is -1.61. The van der Waals surface area contributed by atoms with E-state index in [2.05, 4.69) is 4.98 Å². The fourth-order valence-electron chi connectivity index (χ4n) is 1.72. The van der Waals surface area contributed by atoms with E-state index in [1.54, 1.807) is 0 Å². The molecule has 2 heterocycles. The van der Waals surface area contributed by atoms with E-state index < -0.39 is 6.10 Å². The lowest BCUT2D eigenvalue weighted by Gasteiger charge is -2.01. The van der Waals surface area contributed by atoms with Crippen molar-refractivity contribution in [1.29, 1.82) is 0 Å². The van der Waals surface area contributed by atoms with E-state index in [-0.39, 0.29) is 0 Å². The number of hydrogen-bond acceptors (Lipinski definition) is 3. The third-order valence-electron chi connectivity index (χ3n) is 2.45. The average Bonchev–Trinajstić information content (AvgIpc) is 2.57. The highest BCUT2D eigenvalue weighted by atomic mass is 16.5. The topological polar surface area (TPSA) is 42.4 Å². The van der Waals surface area contributed by atoms with Gasteiger partial charge in [0.15, 0.2) is 0 Å². The molecule has 1 aromatic carbocycles. The molecule has 0 spiro atoms. The predicted octanol–water partition coefficient (Wildman–Crippen LogP) is 1.66. The fraction of sp³-hybridized carbons (Fsp3) is 0.182.